The number of rotatable bonds is 4. The molecule has 0 aliphatic carbocycles. The van der Waals surface area contributed by atoms with E-state index in [1.807, 2.05) is 20.8 Å². The second-order valence-electron chi connectivity index (χ2n) is 6.83. The lowest BCUT2D eigenvalue weighted by molar-refractivity contribution is 0.0971. The Morgan fingerprint density at radius 2 is 2.16 bits per heavy atom. The first-order chi connectivity index (χ1) is 8.88. The summed E-state index contributed by atoms with van der Waals surface area (Å²) in [6.45, 7) is 11.0. The minimum Gasteiger partial charge on any atom is -0.465 e. The Hall–Kier alpha value is -0.810. The average Bonchev–Trinajstić information content (AvgIpc) is 2.81. The predicted octanol–water partition coefficient (Wildman–Crippen LogP) is 1.45. The van der Waals surface area contributed by atoms with Crippen LogP contribution in [0.25, 0.3) is 0 Å². The third-order valence-corrected chi connectivity index (χ3v) is 4.34. The normalized spacial score (nSPS) is 27.5. The first kappa shape index (κ1) is 14.6. The quantitative estimate of drug-likeness (QED) is 0.811. The van der Waals surface area contributed by atoms with E-state index < -0.39 is 6.09 Å². The highest BCUT2D eigenvalue weighted by Crippen LogP contribution is 2.24. The summed E-state index contributed by atoms with van der Waals surface area (Å²) in [5, 5.41) is 12.8. The summed E-state index contributed by atoms with van der Waals surface area (Å²) in [6, 6.07) is 0.679. The van der Waals surface area contributed by atoms with E-state index in [1.54, 1.807) is 4.90 Å². The van der Waals surface area contributed by atoms with Crippen LogP contribution in [0.1, 0.15) is 33.6 Å². The molecule has 110 valence electrons. The minimum atomic E-state index is -0.813. The molecule has 0 bridgehead atoms. The van der Waals surface area contributed by atoms with Crippen LogP contribution in [0.4, 0.5) is 4.79 Å². The van der Waals surface area contributed by atoms with Crippen LogP contribution in [0.15, 0.2) is 0 Å². The second-order valence-corrected chi connectivity index (χ2v) is 6.83. The molecule has 1 amide bonds. The Kier molecular flexibility index (Phi) is 4.36. The number of nitrogens with zero attached hydrogens (tertiary/aromatic N) is 2. The van der Waals surface area contributed by atoms with Crippen LogP contribution in [-0.4, -0.2) is 65.3 Å². The standard InChI is InChI=1S/C14H27N3O2/c1-14(2,3)17(13(18)19)8-4-7-16-9-11-5-6-15-12(11)10-16/h11-12,15H,4-10H2,1-3H3,(H,18,19). The molecule has 0 saturated carbocycles. The van der Waals surface area contributed by atoms with Gasteiger partial charge in [-0.2, -0.15) is 0 Å². The Morgan fingerprint density at radius 1 is 1.42 bits per heavy atom. The maximum Gasteiger partial charge on any atom is 0.407 e. The monoisotopic (exact) mass is 269 g/mol. The van der Waals surface area contributed by atoms with Gasteiger partial charge in [0.05, 0.1) is 0 Å². The lowest BCUT2D eigenvalue weighted by Crippen LogP contribution is -2.46. The lowest BCUT2D eigenvalue weighted by Gasteiger charge is -2.33. The van der Waals surface area contributed by atoms with Gasteiger partial charge >= 0.3 is 6.09 Å². The molecule has 0 spiro atoms. The van der Waals surface area contributed by atoms with Crippen LogP contribution >= 0.6 is 0 Å². The molecule has 2 aliphatic heterocycles. The van der Waals surface area contributed by atoms with Gasteiger partial charge in [-0.3, -0.25) is 0 Å². The summed E-state index contributed by atoms with van der Waals surface area (Å²) in [5.74, 6) is 0.818. The molecule has 2 aliphatic rings. The number of amides is 1. The molecule has 2 fully saturated rings. The predicted molar refractivity (Wildman–Crippen MR) is 75.4 cm³/mol. The average molecular weight is 269 g/mol. The van der Waals surface area contributed by atoms with Crippen LogP contribution in [0.3, 0.4) is 0 Å². The molecule has 0 aromatic rings. The van der Waals surface area contributed by atoms with Crippen molar-refractivity contribution in [1.82, 2.24) is 15.1 Å². The van der Waals surface area contributed by atoms with E-state index in [4.69, 9.17) is 0 Å². The summed E-state index contributed by atoms with van der Waals surface area (Å²) in [6.07, 6.45) is 1.40. The molecule has 0 aromatic carbocycles. The van der Waals surface area contributed by atoms with Gasteiger partial charge in [-0.1, -0.05) is 0 Å². The summed E-state index contributed by atoms with van der Waals surface area (Å²) in [5.41, 5.74) is -0.311. The highest BCUT2D eigenvalue weighted by Gasteiger charge is 2.35. The third-order valence-electron chi connectivity index (χ3n) is 4.34. The van der Waals surface area contributed by atoms with Crippen LogP contribution in [0.5, 0.6) is 0 Å². The van der Waals surface area contributed by atoms with Gasteiger partial charge in [-0.15, -0.1) is 0 Å². The van der Waals surface area contributed by atoms with E-state index in [2.05, 4.69) is 10.2 Å². The van der Waals surface area contributed by atoms with Crippen molar-refractivity contribution in [3.8, 4) is 0 Å². The lowest BCUT2D eigenvalue weighted by atomic mass is 10.1. The van der Waals surface area contributed by atoms with Crippen LogP contribution in [0.2, 0.25) is 0 Å². The number of hydrogen-bond acceptors (Lipinski definition) is 3. The summed E-state index contributed by atoms with van der Waals surface area (Å²) >= 11 is 0. The Labute approximate surface area is 115 Å². The van der Waals surface area contributed by atoms with Crippen molar-refractivity contribution in [2.75, 3.05) is 32.7 Å². The number of carboxylic acid groups (broad SMARTS) is 1. The zero-order valence-corrected chi connectivity index (χ0v) is 12.4. The first-order valence-electron chi connectivity index (χ1n) is 7.34. The van der Waals surface area contributed by atoms with Gasteiger partial charge in [0.2, 0.25) is 0 Å². The molecule has 0 radical (unpaired) electrons. The Morgan fingerprint density at radius 3 is 2.74 bits per heavy atom. The van der Waals surface area contributed by atoms with Crippen molar-refractivity contribution in [1.29, 1.82) is 0 Å². The van der Waals surface area contributed by atoms with Gasteiger partial charge in [0.15, 0.2) is 0 Å². The number of nitrogens with one attached hydrogen (secondary N) is 1. The summed E-state index contributed by atoms with van der Waals surface area (Å²) in [4.78, 5) is 15.3. The van der Waals surface area contributed by atoms with Gasteiger partial charge in [0.25, 0.3) is 0 Å². The van der Waals surface area contributed by atoms with Crippen molar-refractivity contribution >= 4 is 6.09 Å². The largest absolute Gasteiger partial charge is 0.465 e. The van der Waals surface area contributed by atoms with Crippen molar-refractivity contribution in [2.24, 2.45) is 5.92 Å². The highest BCUT2D eigenvalue weighted by atomic mass is 16.4. The molecule has 0 aromatic heterocycles. The zero-order chi connectivity index (χ0) is 14.0. The number of hydrogen-bond donors (Lipinski definition) is 2. The SMILES string of the molecule is CC(C)(C)N(CCCN1CC2CCNC2C1)C(=O)O. The molecule has 19 heavy (non-hydrogen) atoms. The van der Waals surface area contributed by atoms with Gasteiger partial charge in [-0.05, 0) is 52.6 Å². The minimum absolute atomic E-state index is 0.311. The van der Waals surface area contributed by atoms with Gasteiger partial charge in [0, 0.05) is 31.2 Å². The molecule has 2 unspecified atom stereocenters. The highest BCUT2D eigenvalue weighted by molar-refractivity contribution is 5.65. The Bertz CT molecular complexity index is 315. The molecule has 5 heteroatoms. The van der Waals surface area contributed by atoms with Gasteiger partial charge in [-0.25, -0.2) is 4.79 Å². The van der Waals surface area contributed by atoms with Crippen molar-refractivity contribution in [3.63, 3.8) is 0 Å². The summed E-state index contributed by atoms with van der Waals surface area (Å²) in [7, 11) is 0. The van der Waals surface area contributed by atoms with E-state index >= 15 is 0 Å². The molecule has 2 N–H and O–H groups in total. The smallest absolute Gasteiger partial charge is 0.407 e. The number of likely N-dealkylation sites (tertiary alicyclic amines) is 1. The van der Waals surface area contributed by atoms with E-state index in [0.717, 1.165) is 25.4 Å². The van der Waals surface area contributed by atoms with Crippen molar-refractivity contribution in [3.05, 3.63) is 0 Å². The van der Waals surface area contributed by atoms with Gasteiger partial charge < -0.3 is 20.2 Å². The molecule has 2 rings (SSSR count). The maximum atomic E-state index is 11.2. The van der Waals surface area contributed by atoms with Crippen molar-refractivity contribution < 1.29 is 9.90 Å². The van der Waals surface area contributed by atoms with Crippen molar-refractivity contribution in [2.45, 2.75) is 45.2 Å². The van der Waals surface area contributed by atoms with E-state index in [9.17, 15) is 9.90 Å². The fourth-order valence-corrected chi connectivity index (χ4v) is 3.29. The Balaban J connectivity index is 1.73. The fraction of sp³-hybridized carbons (Fsp3) is 0.929. The maximum absolute atomic E-state index is 11.2. The molecular weight excluding hydrogens is 242 g/mol. The molecule has 2 saturated heterocycles. The number of fused-ring (bicyclic) bond motifs is 1. The first-order valence-corrected chi connectivity index (χ1v) is 7.34. The second kappa shape index (κ2) is 5.67. The van der Waals surface area contributed by atoms with Crippen LogP contribution in [-0.2, 0) is 0 Å². The number of carbonyl (C=O) groups is 1. The van der Waals surface area contributed by atoms with E-state index in [0.29, 0.717) is 12.6 Å². The molecular formula is C14H27N3O2. The van der Waals surface area contributed by atoms with E-state index in [1.165, 1.54) is 19.5 Å². The molecule has 2 heterocycles. The van der Waals surface area contributed by atoms with Gasteiger partial charge in [0.1, 0.15) is 0 Å². The zero-order valence-electron chi connectivity index (χ0n) is 12.4. The van der Waals surface area contributed by atoms with E-state index in [-0.39, 0.29) is 5.54 Å². The molecule has 5 nitrogen and oxygen atoms in total. The fourth-order valence-electron chi connectivity index (χ4n) is 3.29. The topological polar surface area (TPSA) is 55.8 Å². The van der Waals surface area contributed by atoms with Crippen LogP contribution < -0.4 is 5.32 Å². The third kappa shape index (κ3) is 3.60. The molecule has 2 atom stereocenters. The van der Waals surface area contributed by atoms with Crippen LogP contribution in [0, 0.1) is 5.92 Å². The summed E-state index contributed by atoms with van der Waals surface area (Å²) < 4.78 is 0.